The fraction of sp³-hybridized carbons (Fsp3) is 0.333. The van der Waals surface area contributed by atoms with Crippen molar-refractivity contribution in [3.8, 4) is 23.0 Å². The molecule has 0 saturated heterocycles. The van der Waals surface area contributed by atoms with Crippen molar-refractivity contribution in [3.63, 3.8) is 0 Å². The topological polar surface area (TPSA) is 142 Å². The van der Waals surface area contributed by atoms with Crippen molar-refractivity contribution >= 4 is 24.2 Å². The molecule has 0 fully saturated rings. The van der Waals surface area contributed by atoms with Gasteiger partial charge in [0, 0.05) is 12.8 Å². The standard InChI is InChI=1S/C24H30N4O6/c1-33-21-11-9-17(13-19(21)29)15-25-27-23(31)7-5-3-4-6-8-24(32)28-26-16-18-10-12-22(34-2)20(30)14-18/h9-16,29-30H,3-8H2,1-2H3,(H,27,31)(H,28,32)/b25-15+,26-16+. The molecule has 2 rings (SSSR count). The largest absolute Gasteiger partial charge is 0.504 e. The van der Waals surface area contributed by atoms with E-state index < -0.39 is 0 Å². The number of rotatable bonds is 13. The number of ether oxygens (including phenoxy) is 2. The number of phenolic OH excluding ortho intramolecular Hbond substituents is 2. The number of aromatic hydroxyl groups is 2. The predicted molar refractivity (Wildman–Crippen MR) is 128 cm³/mol. The maximum absolute atomic E-state index is 11.8. The van der Waals surface area contributed by atoms with Gasteiger partial charge in [-0.3, -0.25) is 9.59 Å². The van der Waals surface area contributed by atoms with Gasteiger partial charge in [0.15, 0.2) is 23.0 Å². The molecule has 0 aromatic heterocycles. The molecule has 0 aliphatic heterocycles. The molecule has 10 nitrogen and oxygen atoms in total. The molecule has 4 N–H and O–H groups in total. The number of carbonyl (C=O) groups is 2. The maximum atomic E-state index is 11.8. The lowest BCUT2D eigenvalue weighted by Crippen LogP contribution is -2.17. The van der Waals surface area contributed by atoms with Crippen LogP contribution in [0, 0.1) is 0 Å². The molecule has 2 aromatic rings. The summed E-state index contributed by atoms with van der Waals surface area (Å²) in [6.45, 7) is 0. The summed E-state index contributed by atoms with van der Waals surface area (Å²) >= 11 is 0. The van der Waals surface area contributed by atoms with Crippen LogP contribution in [-0.4, -0.2) is 48.7 Å². The van der Waals surface area contributed by atoms with E-state index in [-0.39, 0.29) is 23.3 Å². The van der Waals surface area contributed by atoms with Crippen molar-refractivity contribution in [2.24, 2.45) is 10.2 Å². The van der Waals surface area contributed by atoms with Gasteiger partial charge >= 0.3 is 0 Å². The molecule has 0 unspecified atom stereocenters. The SMILES string of the molecule is COc1ccc(/C=N/NC(=O)CCCCCCC(=O)N/N=C/c2ccc(OC)c(O)c2)cc1O. The molecule has 0 bridgehead atoms. The molecule has 2 aromatic carbocycles. The van der Waals surface area contributed by atoms with Crippen molar-refractivity contribution in [2.75, 3.05) is 14.2 Å². The fourth-order valence-electron chi connectivity index (χ4n) is 2.97. The molecule has 0 atom stereocenters. The third kappa shape index (κ3) is 9.19. The first kappa shape index (κ1) is 26.2. The van der Waals surface area contributed by atoms with Crippen LogP contribution in [0.3, 0.4) is 0 Å². The van der Waals surface area contributed by atoms with Gasteiger partial charge in [-0.05, 0) is 60.4 Å². The van der Waals surface area contributed by atoms with Crippen LogP contribution in [0.15, 0.2) is 46.6 Å². The Labute approximate surface area is 198 Å². The van der Waals surface area contributed by atoms with Crippen molar-refractivity contribution in [1.82, 2.24) is 10.9 Å². The maximum Gasteiger partial charge on any atom is 0.240 e. The van der Waals surface area contributed by atoms with Gasteiger partial charge in [-0.25, -0.2) is 10.9 Å². The normalized spacial score (nSPS) is 11.0. The number of hydrogen-bond donors (Lipinski definition) is 4. The number of methoxy groups -OCH3 is 2. The van der Waals surface area contributed by atoms with Crippen molar-refractivity contribution in [3.05, 3.63) is 47.5 Å². The van der Waals surface area contributed by atoms with Crippen LogP contribution < -0.4 is 20.3 Å². The Morgan fingerprint density at radius 1 is 0.765 bits per heavy atom. The highest BCUT2D eigenvalue weighted by molar-refractivity contribution is 5.84. The highest BCUT2D eigenvalue weighted by Crippen LogP contribution is 2.26. The first-order chi connectivity index (χ1) is 16.4. The van der Waals surface area contributed by atoms with Gasteiger partial charge in [0.25, 0.3) is 0 Å². The van der Waals surface area contributed by atoms with Gasteiger partial charge in [-0.1, -0.05) is 12.8 Å². The summed E-state index contributed by atoms with van der Waals surface area (Å²) < 4.78 is 9.94. The number of nitrogens with one attached hydrogen (secondary N) is 2. The third-order valence-corrected chi connectivity index (χ3v) is 4.77. The van der Waals surface area contributed by atoms with Crippen LogP contribution in [0.25, 0.3) is 0 Å². The summed E-state index contributed by atoms with van der Waals surface area (Å²) in [5, 5.41) is 27.2. The number of hydrazone groups is 2. The molecule has 34 heavy (non-hydrogen) atoms. The monoisotopic (exact) mass is 470 g/mol. The van der Waals surface area contributed by atoms with E-state index in [4.69, 9.17) is 9.47 Å². The average Bonchev–Trinajstić information content (AvgIpc) is 2.81. The van der Waals surface area contributed by atoms with Gasteiger partial charge in [0.05, 0.1) is 26.6 Å². The summed E-state index contributed by atoms with van der Waals surface area (Å²) in [6, 6.07) is 9.61. The smallest absolute Gasteiger partial charge is 0.240 e. The van der Waals surface area contributed by atoms with E-state index in [2.05, 4.69) is 21.1 Å². The van der Waals surface area contributed by atoms with E-state index in [1.807, 2.05) is 0 Å². The van der Waals surface area contributed by atoms with Crippen LogP contribution in [0.5, 0.6) is 23.0 Å². The van der Waals surface area contributed by atoms with Crippen LogP contribution in [0.4, 0.5) is 0 Å². The fourth-order valence-corrected chi connectivity index (χ4v) is 2.97. The zero-order chi connectivity index (χ0) is 24.8. The molecular weight excluding hydrogens is 440 g/mol. The van der Waals surface area contributed by atoms with Crippen molar-refractivity contribution in [1.29, 1.82) is 0 Å². The molecule has 182 valence electrons. The Morgan fingerprint density at radius 2 is 1.18 bits per heavy atom. The number of nitrogens with zero attached hydrogens (tertiary/aromatic N) is 2. The summed E-state index contributed by atoms with van der Waals surface area (Å²) in [7, 11) is 2.93. The van der Waals surface area contributed by atoms with Crippen LogP contribution in [0.2, 0.25) is 0 Å². The quantitative estimate of drug-likeness (QED) is 0.201. The summed E-state index contributed by atoms with van der Waals surface area (Å²) in [5.41, 5.74) is 6.16. The number of amides is 2. The van der Waals surface area contributed by atoms with E-state index >= 15 is 0 Å². The van der Waals surface area contributed by atoms with Crippen molar-refractivity contribution < 1.29 is 29.3 Å². The second-order valence-corrected chi connectivity index (χ2v) is 7.36. The van der Waals surface area contributed by atoms with E-state index in [0.717, 1.165) is 12.8 Å². The summed E-state index contributed by atoms with van der Waals surface area (Å²) in [4.78, 5) is 23.7. The van der Waals surface area contributed by atoms with Gasteiger partial charge in [0.2, 0.25) is 11.8 Å². The first-order valence-corrected chi connectivity index (χ1v) is 10.8. The lowest BCUT2D eigenvalue weighted by Gasteiger charge is -2.04. The van der Waals surface area contributed by atoms with E-state index in [0.29, 0.717) is 48.3 Å². The number of carbonyl (C=O) groups excluding carboxylic acids is 2. The Balaban J connectivity index is 1.55. The van der Waals surface area contributed by atoms with E-state index in [1.54, 1.807) is 24.3 Å². The molecule has 0 heterocycles. The number of benzene rings is 2. The minimum absolute atomic E-state index is 0.00390. The lowest BCUT2D eigenvalue weighted by molar-refractivity contribution is -0.122. The summed E-state index contributed by atoms with van der Waals surface area (Å²) in [5.74, 6) is 0.310. The minimum Gasteiger partial charge on any atom is -0.504 e. The lowest BCUT2D eigenvalue weighted by atomic mass is 10.1. The molecule has 0 aliphatic rings. The van der Waals surface area contributed by atoms with Crippen molar-refractivity contribution in [2.45, 2.75) is 38.5 Å². The summed E-state index contributed by atoms with van der Waals surface area (Å²) in [6.07, 6.45) is 6.53. The second-order valence-electron chi connectivity index (χ2n) is 7.36. The highest BCUT2D eigenvalue weighted by atomic mass is 16.5. The number of unbranched alkanes of at least 4 members (excludes halogenated alkanes) is 3. The van der Waals surface area contributed by atoms with Crippen LogP contribution >= 0.6 is 0 Å². The van der Waals surface area contributed by atoms with Gasteiger partial charge in [-0.2, -0.15) is 10.2 Å². The molecule has 2 amide bonds. The third-order valence-electron chi connectivity index (χ3n) is 4.77. The van der Waals surface area contributed by atoms with Gasteiger partial charge < -0.3 is 19.7 Å². The molecule has 0 saturated carbocycles. The predicted octanol–water partition coefficient (Wildman–Crippen LogP) is 3.06. The second kappa shape index (κ2) is 14.1. The first-order valence-electron chi connectivity index (χ1n) is 10.8. The Kier molecular flexibility index (Phi) is 10.9. The highest BCUT2D eigenvalue weighted by Gasteiger charge is 2.04. The minimum atomic E-state index is -0.203. The molecule has 0 radical (unpaired) electrons. The van der Waals surface area contributed by atoms with Gasteiger partial charge in [0.1, 0.15) is 0 Å². The van der Waals surface area contributed by atoms with E-state index in [9.17, 15) is 19.8 Å². The Bertz CT molecular complexity index is 941. The number of phenols is 2. The zero-order valence-electron chi connectivity index (χ0n) is 19.3. The Morgan fingerprint density at radius 3 is 1.53 bits per heavy atom. The molecule has 0 aliphatic carbocycles. The van der Waals surface area contributed by atoms with E-state index in [1.165, 1.54) is 38.8 Å². The zero-order valence-corrected chi connectivity index (χ0v) is 19.3. The van der Waals surface area contributed by atoms with Crippen LogP contribution in [0.1, 0.15) is 49.7 Å². The average molecular weight is 471 g/mol. The Hall–Kier alpha value is -4.08. The molecular formula is C24H30N4O6. The van der Waals surface area contributed by atoms with Crippen LogP contribution in [-0.2, 0) is 9.59 Å². The van der Waals surface area contributed by atoms with Gasteiger partial charge in [-0.15, -0.1) is 0 Å². The molecule has 10 heteroatoms. The molecule has 0 spiro atoms. The number of hydrogen-bond acceptors (Lipinski definition) is 8.